The van der Waals surface area contributed by atoms with Crippen LogP contribution in [0.1, 0.15) is 59.2 Å². The first-order valence-electron chi connectivity index (χ1n) is 8.57. The molecule has 1 amide bonds. The predicted octanol–water partition coefficient (Wildman–Crippen LogP) is 4.10. The summed E-state index contributed by atoms with van der Waals surface area (Å²) in [5, 5.41) is 2.99. The molecule has 0 spiro atoms. The first kappa shape index (κ1) is 19.4. The molecule has 1 aliphatic rings. The maximum absolute atomic E-state index is 12.4. The van der Waals surface area contributed by atoms with E-state index in [9.17, 15) is 4.79 Å². The van der Waals surface area contributed by atoms with E-state index < -0.39 is 0 Å². The minimum Gasteiger partial charge on any atom is -0.379 e. The van der Waals surface area contributed by atoms with Crippen LogP contribution in [-0.2, 0) is 9.53 Å². The van der Waals surface area contributed by atoms with Crippen LogP contribution in [0.4, 0.5) is 5.95 Å². The molecule has 0 saturated carbocycles. The van der Waals surface area contributed by atoms with Gasteiger partial charge in [-0.3, -0.25) is 14.7 Å². The molecule has 25 heavy (non-hydrogen) atoms. The van der Waals surface area contributed by atoms with E-state index in [1.165, 1.54) is 0 Å². The van der Waals surface area contributed by atoms with Gasteiger partial charge in [-0.25, -0.2) is 9.97 Å². The van der Waals surface area contributed by atoms with Gasteiger partial charge in [0.25, 0.3) is 0 Å². The zero-order chi connectivity index (χ0) is 17.3. The molecule has 0 aliphatic carbocycles. The van der Waals surface area contributed by atoms with Crippen molar-refractivity contribution < 1.29 is 9.53 Å². The Labute approximate surface area is 150 Å². The van der Waals surface area contributed by atoms with Gasteiger partial charge in [-0.15, -0.1) is 0 Å². The Kier molecular flexibility index (Phi) is 5.83. The summed E-state index contributed by atoms with van der Waals surface area (Å²) in [6.45, 7) is 9.54. The number of nitrogens with one attached hydrogen (secondary N) is 1. The number of imidazole rings is 1. The molecular formula is C19H30N4O2. The fraction of sp³-hybridized carbons (Fsp3) is 0.632. The number of rotatable bonds is 3. The summed E-state index contributed by atoms with van der Waals surface area (Å²) in [5.41, 5.74) is 2.49. The Morgan fingerprint density at radius 3 is 2.76 bits per heavy atom. The number of hydrogen-bond donors (Lipinski definition) is 1. The number of carbonyl (C=O) groups is 1. The van der Waals surface area contributed by atoms with E-state index in [1.807, 2.05) is 23.6 Å². The molecule has 1 fully saturated rings. The number of fused-ring (bicyclic) bond motifs is 1. The molecule has 6 heteroatoms. The monoisotopic (exact) mass is 346 g/mol. The quantitative estimate of drug-likeness (QED) is 0.908. The second-order valence-corrected chi connectivity index (χ2v) is 7.76. The third-order valence-electron chi connectivity index (χ3n) is 4.12. The zero-order valence-electron chi connectivity index (χ0n) is 14.9. The number of hydrogen-bond acceptors (Lipinski definition) is 4. The highest BCUT2D eigenvalue weighted by atomic mass is 16.5. The van der Waals surface area contributed by atoms with Crippen LogP contribution in [0.25, 0.3) is 11.2 Å². The summed E-state index contributed by atoms with van der Waals surface area (Å²) in [6, 6.07) is 4.05. The standard InChI is InChI=1S/C18H26N4O2.CH4/c1-12-7-8-14-16(19-12)22(13-6-5-9-24-11-13)17(20-14)21-15(23)10-18(2,3)4;/h7-8,13H,5-6,9-11H2,1-4H3,(H,20,21,23);1H4. The number of anilines is 1. The number of pyridine rings is 1. The van der Waals surface area contributed by atoms with E-state index in [4.69, 9.17) is 4.74 Å². The van der Waals surface area contributed by atoms with Gasteiger partial charge < -0.3 is 4.74 Å². The van der Waals surface area contributed by atoms with Gasteiger partial charge in [0.1, 0.15) is 5.52 Å². The molecule has 2 aromatic rings. The molecule has 1 atom stereocenters. The van der Waals surface area contributed by atoms with Crippen LogP contribution < -0.4 is 5.32 Å². The number of nitrogens with zero attached hydrogens (tertiary/aromatic N) is 3. The lowest BCUT2D eigenvalue weighted by Crippen LogP contribution is -2.26. The van der Waals surface area contributed by atoms with Crippen molar-refractivity contribution in [3.63, 3.8) is 0 Å². The number of aryl methyl sites for hydroxylation is 1. The predicted molar refractivity (Wildman–Crippen MR) is 101 cm³/mol. The van der Waals surface area contributed by atoms with Crippen molar-refractivity contribution in [2.45, 2.75) is 60.4 Å². The van der Waals surface area contributed by atoms with Crippen LogP contribution in [0, 0.1) is 12.3 Å². The lowest BCUT2D eigenvalue weighted by atomic mass is 9.92. The van der Waals surface area contributed by atoms with Crippen molar-refractivity contribution >= 4 is 23.0 Å². The normalized spacial score (nSPS) is 18.0. The molecule has 1 unspecified atom stereocenters. The van der Waals surface area contributed by atoms with Crippen molar-refractivity contribution in [2.24, 2.45) is 5.41 Å². The van der Waals surface area contributed by atoms with Gasteiger partial charge in [0.2, 0.25) is 11.9 Å². The molecule has 1 N–H and O–H groups in total. The average molecular weight is 346 g/mol. The molecule has 0 radical (unpaired) electrons. The van der Waals surface area contributed by atoms with Gasteiger partial charge in [-0.2, -0.15) is 0 Å². The number of amides is 1. The van der Waals surface area contributed by atoms with Gasteiger partial charge in [-0.1, -0.05) is 28.2 Å². The Morgan fingerprint density at radius 2 is 2.12 bits per heavy atom. The van der Waals surface area contributed by atoms with Gasteiger partial charge in [0.05, 0.1) is 12.6 Å². The second-order valence-electron chi connectivity index (χ2n) is 7.76. The van der Waals surface area contributed by atoms with Crippen LogP contribution in [0.5, 0.6) is 0 Å². The number of ether oxygens (including phenoxy) is 1. The third-order valence-corrected chi connectivity index (χ3v) is 4.12. The van der Waals surface area contributed by atoms with E-state index in [0.29, 0.717) is 19.0 Å². The maximum atomic E-state index is 12.4. The van der Waals surface area contributed by atoms with Gasteiger partial charge in [0, 0.05) is 18.7 Å². The van der Waals surface area contributed by atoms with Crippen molar-refractivity contribution in [1.82, 2.24) is 14.5 Å². The van der Waals surface area contributed by atoms with Gasteiger partial charge >= 0.3 is 0 Å². The Balaban J connectivity index is 0.00000225. The second kappa shape index (κ2) is 7.52. The van der Waals surface area contributed by atoms with Crippen molar-refractivity contribution in [1.29, 1.82) is 0 Å². The minimum atomic E-state index is -0.0658. The van der Waals surface area contributed by atoms with Gasteiger partial charge in [-0.05, 0) is 37.3 Å². The minimum absolute atomic E-state index is 0. The molecule has 0 bridgehead atoms. The molecule has 3 heterocycles. The average Bonchev–Trinajstić information content (AvgIpc) is 2.83. The molecule has 6 nitrogen and oxygen atoms in total. The summed E-state index contributed by atoms with van der Waals surface area (Å²) in [7, 11) is 0. The highest BCUT2D eigenvalue weighted by Gasteiger charge is 2.25. The maximum Gasteiger partial charge on any atom is 0.227 e. The number of aromatic nitrogens is 3. The number of carbonyl (C=O) groups excluding carboxylic acids is 1. The van der Waals surface area contributed by atoms with Crippen LogP contribution >= 0.6 is 0 Å². The first-order valence-corrected chi connectivity index (χ1v) is 8.57. The highest BCUT2D eigenvalue weighted by Crippen LogP contribution is 2.29. The topological polar surface area (TPSA) is 69.0 Å². The largest absolute Gasteiger partial charge is 0.379 e. The van der Waals surface area contributed by atoms with Crippen LogP contribution in [0.2, 0.25) is 0 Å². The summed E-state index contributed by atoms with van der Waals surface area (Å²) < 4.78 is 7.68. The molecular weight excluding hydrogens is 316 g/mol. The molecule has 1 aliphatic heterocycles. The fourth-order valence-electron chi connectivity index (χ4n) is 3.08. The Hall–Kier alpha value is -1.95. The highest BCUT2D eigenvalue weighted by molar-refractivity contribution is 5.91. The zero-order valence-corrected chi connectivity index (χ0v) is 14.9. The van der Waals surface area contributed by atoms with Crippen molar-refractivity contribution in [3.05, 3.63) is 17.8 Å². The van der Waals surface area contributed by atoms with Crippen LogP contribution in [0.3, 0.4) is 0 Å². The summed E-state index contributed by atoms with van der Waals surface area (Å²) in [6.07, 6.45) is 2.46. The van der Waals surface area contributed by atoms with Crippen molar-refractivity contribution in [3.8, 4) is 0 Å². The molecule has 138 valence electrons. The molecule has 0 aromatic carbocycles. The lowest BCUT2D eigenvalue weighted by Gasteiger charge is -2.25. The SMILES string of the molecule is C.Cc1ccc2nc(NC(=O)CC(C)(C)C)n(C3CCCOC3)c2n1. The molecule has 3 rings (SSSR count). The van der Waals surface area contributed by atoms with Gasteiger partial charge in [0.15, 0.2) is 5.65 Å². The van der Waals surface area contributed by atoms with Crippen LogP contribution in [0.15, 0.2) is 12.1 Å². The lowest BCUT2D eigenvalue weighted by molar-refractivity contribution is -0.117. The Bertz CT molecular complexity index is 740. The fourth-order valence-corrected chi connectivity index (χ4v) is 3.08. The van der Waals surface area contributed by atoms with E-state index >= 15 is 0 Å². The summed E-state index contributed by atoms with van der Waals surface area (Å²) >= 11 is 0. The Morgan fingerprint density at radius 1 is 1.36 bits per heavy atom. The van der Waals surface area contributed by atoms with E-state index in [0.717, 1.165) is 36.3 Å². The first-order chi connectivity index (χ1) is 11.3. The summed E-state index contributed by atoms with van der Waals surface area (Å²) in [5.74, 6) is 0.556. The summed E-state index contributed by atoms with van der Waals surface area (Å²) in [4.78, 5) is 21.6. The van der Waals surface area contributed by atoms with E-state index in [2.05, 4.69) is 36.1 Å². The van der Waals surface area contributed by atoms with Crippen LogP contribution in [-0.4, -0.2) is 33.7 Å². The molecule has 2 aromatic heterocycles. The third kappa shape index (κ3) is 4.57. The smallest absolute Gasteiger partial charge is 0.227 e. The van der Waals surface area contributed by atoms with E-state index in [1.54, 1.807) is 0 Å². The molecule has 1 saturated heterocycles. The van der Waals surface area contributed by atoms with E-state index in [-0.39, 0.29) is 24.8 Å². The van der Waals surface area contributed by atoms with Crippen molar-refractivity contribution in [2.75, 3.05) is 18.5 Å².